The van der Waals surface area contributed by atoms with E-state index in [9.17, 15) is 9.18 Å². The molecule has 6 nitrogen and oxygen atoms in total. The van der Waals surface area contributed by atoms with E-state index in [0.29, 0.717) is 17.4 Å². The lowest BCUT2D eigenvalue weighted by atomic mass is 10.2. The maximum atomic E-state index is 14.5. The highest BCUT2D eigenvalue weighted by molar-refractivity contribution is 5.98. The van der Waals surface area contributed by atoms with E-state index in [-0.39, 0.29) is 17.2 Å². The van der Waals surface area contributed by atoms with Gasteiger partial charge < -0.3 is 20.7 Å². The smallest absolute Gasteiger partial charge is 0.252 e. The number of nitrogens with zero attached hydrogens (tertiary/aromatic N) is 2. The molecule has 2 aromatic rings. The number of carbonyl (C=O) groups excluding carboxylic acids is 1. The molecule has 3 rings (SSSR count). The van der Waals surface area contributed by atoms with Gasteiger partial charge in [0.25, 0.3) is 5.91 Å². The SMILES string of the molecule is COc1cc(C)cc(Nc2nc(N3CC[C@@H](C)C3)c(F)cc2C(N)=O)c1. The molecule has 1 aliphatic heterocycles. The molecule has 1 amide bonds. The van der Waals surface area contributed by atoms with Crippen LogP contribution >= 0.6 is 0 Å². The van der Waals surface area contributed by atoms with Gasteiger partial charge >= 0.3 is 0 Å². The van der Waals surface area contributed by atoms with Crippen LogP contribution in [0.5, 0.6) is 5.75 Å². The summed E-state index contributed by atoms with van der Waals surface area (Å²) >= 11 is 0. The normalized spacial score (nSPS) is 16.6. The Balaban J connectivity index is 2.01. The second-order valence-electron chi connectivity index (χ2n) is 6.76. The minimum absolute atomic E-state index is 0.0129. The monoisotopic (exact) mass is 358 g/mol. The van der Waals surface area contributed by atoms with Crippen LogP contribution in [0.4, 0.5) is 21.7 Å². The van der Waals surface area contributed by atoms with Gasteiger partial charge in [0.15, 0.2) is 11.6 Å². The minimum atomic E-state index is -0.736. The first kappa shape index (κ1) is 18.0. The van der Waals surface area contributed by atoms with Crippen molar-refractivity contribution >= 4 is 23.2 Å². The fourth-order valence-electron chi connectivity index (χ4n) is 3.19. The molecular formula is C19H23FN4O2. The zero-order chi connectivity index (χ0) is 18.8. The van der Waals surface area contributed by atoms with Crippen molar-refractivity contribution in [1.29, 1.82) is 0 Å². The third kappa shape index (κ3) is 3.71. The number of hydrogen-bond donors (Lipinski definition) is 2. The lowest BCUT2D eigenvalue weighted by molar-refractivity contribution is 0.100. The van der Waals surface area contributed by atoms with Gasteiger partial charge in [0.05, 0.1) is 12.7 Å². The van der Waals surface area contributed by atoms with Crippen molar-refractivity contribution in [3.8, 4) is 5.75 Å². The summed E-state index contributed by atoms with van der Waals surface area (Å²) in [4.78, 5) is 18.1. The molecule has 1 saturated heterocycles. The number of rotatable bonds is 5. The Morgan fingerprint density at radius 3 is 2.77 bits per heavy atom. The van der Waals surface area contributed by atoms with Crippen LogP contribution < -0.4 is 20.7 Å². The quantitative estimate of drug-likeness (QED) is 0.858. The number of pyridine rings is 1. The molecule has 0 spiro atoms. The summed E-state index contributed by atoms with van der Waals surface area (Å²) in [6, 6.07) is 6.70. The Morgan fingerprint density at radius 1 is 1.38 bits per heavy atom. The van der Waals surface area contributed by atoms with Crippen LogP contribution in [0.3, 0.4) is 0 Å². The Hall–Kier alpha value is -2.83. The predicted octanol–water partition coefficient (Wildman–Crippen LogP) is 3.23. The van der Waals surface area contributed by atoms with E-state index in [0.717, 1.165) is 31.1 Å². The molecule has 1 fully saturated rings. The highest BCUT2D eigenvalue weighted by atomic mass is 19.1. The summed E-state index contributed by atoms with van der Waals surface area (Å²) in [6.45, 7) is 5.52. The van der Waals surface area contributed by atoms with Crippen molar-refractivity contribution in [2.45, 2.75) is 20.3 Å². The molecule has 26 heavy (non-hydrogen) atoms. The van der Waals surface area contributed by atoms with E-state index in [1.54, 1.807) is 13.2 Å². The van der Waals surface area contributed by atoms with Crippen LogP contribution in [0.2, 0.25) is 0 Å². The van der Waals surface area contributed by atoms with Gasteiger partial charge in [-0.25, -0.2) is 9.37 Å². The highest BCUT2D eigenvalue weighted by Crippen LogP contribution is 2.30. The van der Waals surface area contributed by atoms with E-state index < -0.39 is 11.7 Å². The lowest BCUT2D eigenvalue weighted by Gasteiger charge is -2.20. The van der Waals surface area contributed by atoms with Crippen LogP contribution in [-0.4, -0.2) is 31.1 Å². The second kappa shape index (κ2) is 7.19. The highest BCUT2D eigenvalue weighted by Gasteiger charge is 2.25. The van der Waals surface area contributed by atoms with E-state index in [1.807, 2.05) is 24.0 Å². The average molecular weight is 358 g/mol. The number of hydrogen-bond acceptors (Lipinski definition) is 5. The van der Waals surface area contributed by atoms with Crippen LogP contribution in [0, 0.1) is 18.7 Å². The van der Waals surface area contributed by atoms with Gasteiger partial charge in [-0.1, -0.05) is 6.92 Å². The number of halogens is 1. The maximum absolute atomic E-state index is 14.5. The molecule has 0 unspecified atom stereocenters. The van der Waals surface area contributed by atoms with Crippen molar-refractivity contribution in [3.63, 3.8) is 0 Å². The van der Waals surface area contributed by atoms with E-state index in [2.05, 4.69) is 17.2 Å². The van der Waals surface area contributed by atoms with Crippen LogP contribution in [0.15, 0.2) is 24.3 Å². The van der Waals surface area contributed by atoms with Gasteiger partial charge in [0.2, 0.25) is 0 Å². The van der Waals surface area contributed by atoms with E-state index in [1.165, 1.54) is 0 Å². The summed E-state index contributed by atoms with van der Waals surface area (Å²) in [5.41, 5.74) is 7.10. The largest absolute Gasteiger partial charge is 0.497 e. The molecule has 0 aliphatic carbocycles. The van der Waals surface area contributed by atoms with E-state index >= 15 is 0 Å². The fourth-order valence-corrected chi connectivity index (χ4v) is 3.19. The zero-order valence-electron chi connectivity index (χ0n) is 15.2. The fraction of sp³-hybridized carbons (Fsp3) is 0.368. The van der Waals surface area contributed by atoms with Gasteiger partial charge in [-0.05, 0) is 43.0 Å². The number of aromatic nitrogens is 1. The number of nitrogens with two attached hydrogens (primary N) is 1. The van der Waals surface area contributed by atoms with Crippen molar-refractivity contribution in [2.24, 2.45) is 11.7 Å². The molecule has 0 saturated carbocycles. The molecule has 1 aromatic heterocycles. The molecule has 1 aromatic carbocycles. The summed E-state index contributed by atoms with van der Waals surface area (Å²) in [6.07, 6.45) is 0.983. The predicted molar refractivity (Wildman–Crippen MR) is 99.7 cm³/mol. The molecule has 138 valence electrons. The van der Waals surface area contributed by atoms with E-state index in [4.69, 9.17) is 10.5 Å². The summed E-state index contributed by atoms with van der Waals surface area (Å²) in [7, 11) is 1.58. The van der Waals surface area contributed by atoms with Gasteiger partial charge in [-0.3, -0.25) is 4.79 Å². The number of aryl methyl sites for hydroxylation is 1. The molecular weight excluding hydrogens is 335 g/mol. The number of anilines is 3. The summed E-state index contributed by atoms with van der Waals surface area (Å²) < 4.78 is 19.8. The number of methoxy groups -OCH3 is 1. The molecule has 0 radical (unpaired) electrons. The topological polar surface area (TPSA) is 80.5 Å². The molecule has 3 N–H and O–H groups in total. The Morgan fingerprint density at radius 2 is 2.15 bits per heavy atom. The first-order valence-corrected chi connectivity index (χ1v) is 8.55. The molecule has 1 atom stereocenters. The third-order valence-corrected chi connectivity index (χ3v) is 4.50. The molecule has 2 heterocycles. The number of ether oxygens (including phenoxy) is 1. The van der Waals surface area contributed by atoms with Gasteiger partial charge in [0.1, 0.15) is 11.6 Å². The average Bonchev–Trinajstić information content (AvgIpc) is 3.01. The number of primary amides is 1. The Kier molecular flexibility index (Phi) is 4.97. The molecule has 7 heteroatoms. The number of amides is 1. The van der Waals surface area contributed by atoms with Gasteiger partial charge in [-0.15, -0.1) is 0 Å². The van der Waals surface area contributed by atoms with Gasteiger partial charge in [0, 0.05) is 24.8 Å². The number of carbonyl (C=O) groups is 1. The van der Waals surface area contributed by atoms with Crippen LogP contribution in [0.25, 0.3) is 0 Å². The first-order valence-electron chi connectivity index (χ1n) is 8.55. The number of benzene rings is 1. The van der Waals surface area contributed by atoms with Crippen LogP contribution in [-0.2, 0) is 0 Å². The van der Waals surface area contributed by atoms with Crippen molar-refractivity contribution in [1.82, 2.24) is 4.98 Å². The standard InChI is InChI=1S/C19H23FN4O2/c1-11-4-5-24(10-11)19-16(20)9-15(17(21)25)18(23-19)22-13-6-12(2)7-14(8-13)26-3/h6-9,11H,4-5,10H2,1-3H3,(H2,21,25)(H,22,23)/t11-/m1/s1. The molecule has 1 aliphatic rings. The van der Waals surface area contributed by atoms with Gasteiger partial charge in [-0.2, -0.15) is 0 Å². The molecule has 0 bridgehead atoms. The Labute approximate surface area is 152 Å². The Bertz CT molecular complexity index is 841. The lowest BCUT2D eigenvalue weighted by Crippen LogP contribution is -2.23. The first-order chi connectivity index (χ1) is 12.4. The summed E-state index contributed by atoms with van der Waals surface area (Å²) in [5, 5.41) is 3.09. The van der Waals surface area contributed by atoms with Crippen LogP contribution in [0.1, 0.15) is 29.3 Å². The van der Waals surface area contributed by atoms with Crippen molar-refractivity contribution in [3.05, 3.63) is 41.2 Å². The minimum Gasteiger partial charge on any atom is -0.497 e. The summed E-state index contributed by atoms with van der Waals surface area (Å²) in [5.74, 6) is 0.344. The second-order valence-corrected chi connectivity index (χ2v) is 6.76. The zero-order valence-corrected chi connectivity index (χ0v) is 15.2. The van der Waals surface area contributed by atoms with Crippen molar-refractivity contribution in [2.75, 3.05) is 30.4 Å². The van der Waals surface area contributed by atoms with Crippen molar-refractivity contribution < 1.29 is 13.9 Å². The number of nitrogens with one attached hydrogen (secondary N) is 1. The maximum Gasteiger partial charge on any atom is 0.252 e. The third-order valence-electron chi connectivity index (χ3n) is 4.50.